The van der Waals surface area contributed by atoms with Gasteiger partial charge >= 0.3 is 0 Å². The molecule has 0 saturated carbocycles. The molecule has 0 aliphatic rings. The largest absolute Gasteiger partial charge is 0.366 e. The SMILES string of the molecule is Cc1c[c]c2c3c(C(N)=O)cccc3n(CCc3cccc(F)c3)c2c1. The molecule has 4 heteroatoms. The van der Waals surface area contributed by atoms with E-state index in [1.54, 1.807) is 18.2 Å². The summed E-state index contributed by atoms with van der Waals surface area (Å²) in [5.74, 6) is -0.682. The number of amides is 1. The molecule has 3 nitrogen and oxygen atoms in total. The van der Waals surface area contributed by atoms with Gasteiger partial charge in [0.15, 0.2) is 0 Å². The Kier molecular flexibility index (Phi) is 3.96. The molecule has 0 unspecified atom stereocenters. The minimum atomic E-state index is -0.450. The van der Waals surface area contributed by atoms with Crippen molar-refractivity contribution >= 4 is 27.7 Å². The fourth-order valence-electron chi connectivity index (χ4n) is 3.54. The lowest BCUT2D eigenvalue weighted by atomic mass is 10.1. The van der Waals surface area contributed by atoms with Gasteiger partial charge in [0, 0.05) is 28.4 Å². The van der Waals surface area contributed by atoms with Crippen LogP contribution in [0.25, 0.3) is 21.8 Å². The topological polar surface area (TPSA) is 48.0 Å². The molecule has 1 heterocycles. The van der Waals surface area contributed by atoms with E-state index >= 15 is 0 Å². The number of rotatable bonds is 4. The number of carbonyl (C=O) groups excluding carboxylic acids is 1. The number of primary amides is 1. The predicted octanol–water partition coefficient (Wildman–Crippen LogP) is 4.38. The third-order valence-electron chi connectivity index (χ3n) is 4.72. The van der Waals surface area contributed by atoms with Crippen molar-refractivity contribution in [1.82, 2.24) is 4.57 Å². The zero-order chi connectivity index (χ0) is 18.3. The summed E-state index contributed by atoms with van der Waals surface area (Å²) >= 11 is 0. The Morgan fingerprint density at radius 1 is 1.15 bits per heavy atom. The molecule has 3 aromatic carbocycles. The first-order valence-corrected chi connectivity index (χ1v) is 8.52. The van der Waals surface area contributed by atoms with Crippen LogP contribution in [0.15, 0.2) is 54.6 Å². The molecule has 2 N–H and O–H groups in total. The van der Waals surface area contributed by atoms with Crippen LogP contribution in [0.3, 0.4) is 0 Å². The number of benzene rings is 3. The number of hydrogen-bond donors (Lipinski definition) is 1. The molecule has 1 amide bonds. The molecular weight excluding hydrogens is 327 g/mol. The normalized spacial score (nSPS) is 11.3. The van der Waals surface area contributed by atoms with Gasteiger partial charge in [-0.2, -0.15) is 0 Å². The quantitative estimate of drug-likeness (QED) is 0.586. The average Bonchev–Trinajstić information content (AvgIpc) is 2.92. The van der Waals surface area contributed by atoms with E-state index in [1.165, 1.54) is 6.07 Å². The highest BCUT2D eigenvalue weighted by Gasteiger charge is 2.16. The number of hydrogen-bond acceptors (Lipinski definition) is 1. The van der Waals surface area contributed by atoms with E-state index in [2.05, 4.69) is 16.7 Å². The fraction of sp³-hybridized carbons (Fsp3) is 0.136. The maximum atomic E-state index is 13.5. The Morgan fingerprint density at radius 3 is 2.73 bits per heavy atom. The van der Waals surface area contributed by atoms with Crippen molar-refractivity contribution in [2.24, 2.45) is 5.73 Å². The number of nitrogens with zero attached hydrogens (tertiary/aromatic N) is 1. The van der Waals surface area contributed by atoms with Gasteiger partial charge in [-0.25, -0.2) is 4.39 Å². The van der Waals surface area contributed by atoms with Crippen LogP contribution in [-0.4, -0.2) is 10.5 Å². The van der Waals surface area contributed by atoms with Gasteiger partial charge in [-0.1, -0.05) is 24.3 Å². The van der Waals surface area contributed by atoms with Crippen molar-refractivity contribution in [3.63, 3.8) is 0 Å². The molecule has 129 valence electrons. The molecular formula is C22H18FN2O. The Bertz CT molecular complexity index is 1140. The monoisotopic (exact) mass is 345 g/mol. The van der Waals surface area contributed by atoms with E-state index in [0.29, 0.717) is 18.5 Å². The van der Waals surface area contributed by atoms with E-state index in [4.69, 9.17) is 5.73 Å². The van der Waals surface area contributed by atoms with Gasteiger partial charge in [0.25, 0.3) is 0 Å². The first-order chi connectivity index (χ1) is 12.5. The highest BCUT2D eigenvalue weighted by Crippen LogP contribution is 2.32. The van der Waals surface area contributed by atoms with Crippen LogP contribution in [-0.2, 0) is 13.0 Å². The highest BCUT2D eigenvalue weighted by molar-refractivity contribution is 6.17. The van der Waals surface area contributed by atoms with Crippen LogP contribution >= 0.6 is 0 Å². The van der Waals surface area contributed by atoms with Crippen molar-refractivity contribution in [3.8, 4) is 0 Å². The Morgan fingerprint density at radius 2 is 1.96 bits per heavy atom. The number of nitrogens with two attached hydrogens (primary N) is 1. The molecule has 0 bridgehead atoms. The number of aromatic nitrogens is 1. The van der Waals surface area contributed by atoms with Crippen molar-refractivity contribution < 1.29 is 9.18 Å². The van der Waals surface area contributed by atoms with Crippen LogP contribution in [0.1, 0.15) is 21.5 Å². The number of carbonyl (C=O) groups is 1. The summed E-state index contributed by atoms with van der Waals surface area (Å²) in [7, 11) is 0. The molecule has 0 aliphatic heterocycles. The van der Waals surface area contributed by atoms with Gasteiger partial charge in [-0.05, 0) is 60.9 Å². The predicted molar refractivity (Wildman–Crippen MR) is 102 cm³/mol. The number of halogens is 1. The van der Waals surface area contributed by atoms with E-state index in [0.717, 1.165) is 32.9 Å². The summed E-state index contributed by atoms with van der Waals surface area (Å²) in [6.45, 7) is 2.68. The molecule has 0 atom stereocenters. The van der Waals surface area contributed by atoms with Crippen LogP contribution in [0.5, 0.6) is 0 Å². The van der Waals surface area contributed by atoms with Crippen molar-refractivity contribution in [2.45, 2.75) is 19.9 Å². The Labute approximate surface area is 150 Å². The van der Waals surface area contributed by atoms with Crippen LogP contribution < -0.4 is 5.73 Å². The standard InChI is InChI=1S/C22H18FN2O/c1-14-8-9-17-20(12-14)25(11-10-15-4-2-5-16(23)13-15)19-7-3-6-18(21(17)19)22(24)26/h2-8,12-13H,10-11H2,1H3,(H2,24,26). The van der Waals surface area contributed by atoms with E-state index in [-0.39, 0.29) is 5.82 Å². The third kappa shape index (κ3) is 2.73. The second-order valence-electron chi connectivity index (χ2n) is 6.53. The van der Waals surface area contributed by atoms with Gasteiger partial charge < -0.3 is 10.3 Å². The Hall–Kier alpha value is -3.14. The molecule has 0 saturated heterocycles. The summed E-state index contributed by atoms with van der Waals surface area (Å²) in [6.07, 6.45) is 0.686. The number of aryl methyl sites for hydroxylation is 3. The summed E-state index contributed by atoms with van der Waals surface area (Å²) in [6, 6.07) is 19.5. The zero-order valence-corrected chi connectivity index (χ0v) is 14.4. The smallest absolute Gasteiger partial charge is 0.249 e. The second-order valence-corrected chi connectivity index (χ2v) is 6.53. The maximum absolute atomic E-state index is 13.5. The van der Waals surface area contributed by atoms with Crippen molar-refractivity contribution in [2.75, 3.05) is 0 Å². The van der Waals surface area contributed by atoms with E-state index < -0.39 is 5.91 Å². The first-order valence-electron chi connectivity index (χ1n) is 8.52. The van der Waals surface area contributed by atoms with E-state index in [1.807, 2.05) is 31.2 Å². The first kappa shape index (κ1) is 16.3. The molecule has 0 fully saturated rings. The molecule has 4 aromatic rings. The van der Waals surface area contributed by atoms with Gasteiger partial charge in [0.05, 0.1) is 5.52 Å². The Balaban J connectivity index is 1.90. The molecule has 4 rings (SSSR count). The minimum absolute atomic E-state index is 0.232. The molecule has 1 radical (unpaired) electrons. The fourth-order valence-corrected chi connectivity index (χ4v) is 3.54. The maximum Gasteiger partial charge on any atom is 0.249 e. The average molecular weight is 345 g/mol. The van der Waals surface area contributed by atoms with E-state index in [9.17, 15) is 9.18 Å². The molecule has 1 aromatic heterocycles. The molecule has 0 spiro atoms. The minimum Gasteiger partial charge on any atom is -0.366 e. The zero-order valence-electron chi connectivity index (χ0n) is 14.4. The van der Waals surface area contributed by atoms with Gasteiger partial charge in [0.1, 0.15) is 5.82 Å². The lowest BCUT2D eigenvalue weighted by Gasteiger charge is -2.08. The van der Waals surface area contributed by atoms with Crippen LogP contribution in [0, 0.1) is 18.8 Å². The van der Waals surface area contributed by atoms with Crippen molar-refractivity contribution in [3.05, 3.63) is 83.2 Å². The molecule has 0 aliphatic carbocycles. The van der Waals surface area contributed by atoms with Gasteiger partial charge in [-0.3, -0.25) is 4.79 Å². The van der Waals surface area contributed by atoms with Crippen LogP contribution in [0.4, 0.5) is 4.39 Å². The van der Waals surface area contributed by atoms with Gasteiger partial charge in [0.2, 0.25) is 5.91 Å². The lowest BCUT2D eigenvalue weighted by Crippen LogP contribution is -2.11. The van der Waals surface area contributed by atoms with Gasteiger partial charge in [-0.15, -0.1) is 0 Å². The lowest BCUT2D eigenvalue weighted by molar-refractivity contribution is 0.100. The van der Waals surface area contributed by atoms with Crippen molar-refractivity contribution in [1.29, 1.82) is 0 Å². The highest BCUT2D eigenvalue weighted by atomic mass is 19.1. The summed E-state index contributed by atoms with van der Waals surface area (Å²) in [5.41, 5.74) is 10.1. The second kappa shape index (κ2) is 6.30. The molecule has 26 heavy (non-hydrogen) atoms. The summed E-state index contributed by atoms with van der Waals surface area (Å²) in [5, 5.41) is 1.72. The third-order valence-corrected chi connectivity index (χ3v) is 4.72. The summed E-state index contributed by atoms with van der Waals surface area (Å²) in [4.78, 5) is 11.9. The van der Waals surface area contributed by atoms with Crippen LogP contribution in [0.2, 0.25) is 0 Å². The number of fused-ring (bicyclic) bond motifs is 3. The summed E-state index contributed by atoms with van der Waals surface area (Å²) < 4.78 is 15.6.